The van der Waals surface area contributed by atoms with E-state index in [0.717, 1.165) is 24.1 Å². The Morgan fingerprint density at radius 3 is 2.73 bits per heavy atom. The Kier molecular flexibility index (Phi) is 2.62. The first-order chi connectivity index (χ1) is 7.19. The highest BCUT2D eigenvalue weighted by Gasteiger charge is 2.32. The van der Waals surface area contributed by atoms with Gasteiger partial charge >= 0.3 is 0 Å². The summed E-state index contributed by atoms with van der Waals surface area (Å²) in [5, 5.41) is 6.46. The summed E-state index contributed by atoms with van der Waals surface area (Å²) < 4.78 is 0. The van der Waals surface area contributed by atoms with Gasteiger partial charge < -0.3 is 16.4 Å². The first-order valence-electron chi connectivity index (χ1n) is 5.34. The minimum Gasteiger partial charge on any atom is -0.370 e. The van der Waals surface area contributed by atoms with E-state index in [4.69, 9.17) is 5.73 Å². The third-order valence-corrected chi connectivity index (χ3v) is 2.54. The molecule has 2 rings (SSSR count). The highest BCUT2D eigenvalue weighted by molar-refractivity contribution is 5.52. The topological polar surface area (TPSA) is 75.9 Å². The molecule has 0 saturated heterocycles. The van der Waals surface area contributed by atoms with Gasteiger partial charge in [0.1, 0.15) is 11.6 Å². The number of anilines is 3. The van der Waals surface area contributed by atoms with Crippen molar-refractivity contribution in [1.82, 2.24) is 9.97 Å². The van der Waals surface area contributed by atoms with E-state index in [1.54, 1.807) is 0 Å². The van der Waals surface area contributed by atoms with Gasteiger partial charge in [0.2, 0.25) is 5.95 Å². The summed E-state index contributed by atoms with van der Waals surface area (Å²) in [4.78, 5) is 8.23. The van der Waals surface area contributed by atoms with Gasteiger partial charge in [-0.3, -0.25) is 0 Å². The number of hydrogen-bond donors (Lipinski definition) is 3. The first kappa shape index (κ1) is 10.0. The van der Waals surface area contributed by atoms with E-state index in [1.165, 1.54) is 6.42 Å². The van der Waals surface area contributed by atoms with Crippen LogP contribution in [0.1, 0.15) is 20.3 Å². The smallest absolute Gasteiger partial charge is 0.223 e. The highest BCUT2D eigenvalue weighted by atomic mass is 15.1. The molecule has 0 aromatic carbocycles. The minimum atomic E-state index is 0.309. The molecule has 0 amide bonds. The van der Waals surface area contributed by atoms with Gasteiger partial charge in [0.15, 0.2) is 0 Å². The van der Waals surface area contributed by atoms with Crippen LogP contribution in [0.4, 0.5) is 17.6 Å². The lowest BCUT2D eigenvalue weighted by atomic mass is 10.4. The van der Waals surface area contributed by atoms with Crippen molar-refractivity contribution >= 4 is 17.6 Å². The summed E-state index contributed by atoms with van der Waals surface area (Å²) in [7, 11) is 0. The lowest BCUT2D eigenvalue weighted by Crippen LogP contribution is -2.09. The Hall–Kier alpha value is -1.52. The second-order valence-corrected chi connectivity index (χ2v) is 3.99. The van der Waals surface area contributed by atoms with Crippen LogP contribution in [0.3, 0.4) is 0 Å². The maximum absolute atomic E-state index is 5.62. The Morgan fingerprint density at radius 2 is 2.13 bits per heavy atom. The van der Waals surface area contributed by atoms with Crippen molar-refractivity contribution in [3.63, 3.8) is 0 Å². The fourth-order valence-corrected chi connectivity index (χ4v) is 1.52. The predicted octanol–water partition coefficient (Wildman–Crippen LogP) is 1.31. The molecule has 0 aliphatic heterocycles. The lowest BCUT2D eigenvalue weighted by Gasteiger charge is -2.08. The van der Waals surface area contributed by atoms with Gasteiger partial charge in [-0.15, -0.1) is 0 Å². The molecular weight excluding hydrogens is 190 g/mol. The molecule has 1 heterocycles. The van der Waals surface area contributed by atoms with E-state index in [-0.39, 0.29) is 0 Å². The van der Waals surface area contributed by atoms with E-state index in [2.05, 4.69) is 27.5 Å². The van der Waals surface area contributed by atoms with Crippen LogP contribution in [-0.4, -0.2) is 22.6 Å². The number of nitrogen functional groups attached to an aromatic ring is 1. The SMILES string of the molecule is CCNc1cc(NC2CC2C)nc(N)n1. The molecule has 1 aliphatic carbocycles. The van der Waals surface area contributed by atoms with Crippen LogP contribution in [0.5, 0.6) is 0 Å². The van der Waals surface area contributed by atoms with Crippen molar-refractivity contribution in [2.24, 2.45) is 5.92 Å². The number of nitrogens with two attached hydrogens (primary N) is 1. The van der Waals surface area contributed by atoms with Gasteiger partial charge in [-0.25, -0.2) is 0 Å². The second kappa shape index (κ2) is 3.92. The van der Waals surface area contributed by atoms with Crippen LogP contribution in [-0.2, 0) is 0 Å². The van der Waals surface area contributed by atoms with Crippen LogP contribution in [0.15, 0.2) is 6.07 Å². The zero-order valence-corrected chi connectivity index (χ0v) is 9.12. The van der Waals surface area contributed by atoms with Crippen LogP contribution in [0, 0.1) is 5.92 Å². The quantitative estimate of drug-likeness (QED) is 0.694. The Balaban J connectivity index is 2.08. The molecule has 2 atom stereocenters. The van der Waals surface area contributed by atoms with Crippen molar-refractivity contribution in [1.29, 1.82) is 0 Å². The molecule has 1 aromatic rings. The van der Waals surface area contributed by atoms with E-state index in [9.17, 15) is 0 Å². The average Bonchev–Trinajstić information content (AvgIpc) is 2.81. The average molecular weight is 207 g/mol. The number of hydrogen-bond acceptors (Lipinski definition) is 5. The van der Waals surface area contributed by atoms with Crippen LogP contribution in [0.2, 0.25) is 0 Å². The Bertz CT molecular complexity index is 352. The van der Waals surface area contributed by atoms with Crippen molar-refractivity contribution < 1.29 is 0 Å². The molecule has 1 fully saturated rings. The second-order valence-electron chi connectivity index (χ2n) is 3.99. The van der Waals surface area contributed by atoms with E-state index < -0.39 is 0 Å². The van der Waals surface area contributed by atoms with Crippen LogP contribution < -0.4 is 16.4 Å². The molecule has 0 spiro atoms. The van der Waals surface area contributed by atoms with Gasteiger partial charge in [0.05, 0.1) is 0 Å². The number of nitrogens with one attached hydrogen (secondary N) is 2. The summed E-state index contributed by atoms with van der Waals surface area (Å²) in [5.74, 6) is 2.64. The fraction of sp³-hybridized carbons (Fsp3) is 0.600. The van der Waals surface area contributed by atoms with E-state index in [0.29, 0.717) is 12.0 Å². The lowest BCUT2D eigenvalue weighted by molar-refractivity contribution is 0.922. The molecule has 15 heavy (non-hydrogen) atoms. The molecule has 0 bridgehead atoms. The van der Waals surface area contributed by atoms with Crippen molar-refractivity contribution in [3.8, 4) is 0 Å². The summed E-state index contributed by atoms with van der Waals surface area (Å²) in [5.41, 5.74) is 5.62. The molecule has 1 aliphatic rings. The molecule has 2 unspecified atom stereocenters. The summed E-state index contributed by atoms with van der Waals surface area (Å²) in [6, 6.07) is 2.44. The standard InChI is InChI=1S/C10H17N5/c1-3-12-8-5-9(15-10(11)14-8)13-7-4-6(7)2/h5-7H,3-4H2,1-2H3,(H4,11,12,13,14,15). The number of nitrogens with zero attached hydrogens (tertiary/aromatic N) is 2. The first-order valence-corrected chi connectivity index (χ1v) is 5.34. The molecule has 5 heteroatoms. The molecule has 1 saturated carbocycles. The highest BCUT2D eigenvalue weighted by Crippen LogP contribution is 2.32. The summed E-state index contributed by atoms with van der Waals surface area (Å²) in [6.07, 6.45) is 1.21. The monoisotopic (exact) mass is 207 g/mol. The molecule has 5 nitrogen and oxygen atoms in total. The van der Waals surface area contributed by atoms with Crippen LogP contribution in [0.25, 0.3) is 0 Å². The predicted molar refractivity (Wildman–Crippen MR) is 61.8 cm³/mol. The zero-order valence-electron chi connectivity index (χ0n) is 9.12. The Labute approximate surface area is 89.5 Å². The van der Waals surface area contributed by atoms with Crippen molar-refractivity contribution in [2.75, 3.05) is 22.9 Å². The normalized spacial score (nSPS) is 23.6. The maximum atomic E-state index is 5.62. The molecular formula is C10H17N5. The van der Waals surface area contributed by atoms with E-state index in [1.807, 2.05) is 13.0 Å². The minimum absolute atomic E-state index is 0.309. The number of rotatable bonds is 4. The third-order valence-electron chi connectivity index (χ3n) is 2.54. The zero-order chi connectivity index (χ0) is 10.8. The summed E-state index contributed by atoms with van der Waals surface area (Å²) in [6.45, 7) is 5.07. The van der Waals surface area contributed by atoms with Crippen molar-refractivity contribution in [2.45, 2.75) is 26.3 Å². The number of aromatic nitrogens is 2. The Morgan fingerprint density at radius 1 is 1.47 bits per heavy atom. The third kappa shape index (κ3) is 2.49. The summed E-state index contributed by atoms with van der Waals surface area (Å²) >= 11 is 0. The van der Waals surface area contributed by atoms with Crippen LogP contribution >= 0.6 is 0 Å². The molecule has 1 aromatic heterocycles. The van der Waals surface area contributed by atoms with Gasteiger partial charge in [-0.2, -0.15) is 9.97 Å². The van der Waals surface area contributed by atoms with Gasteiger partial charge in [0.25, 0.3) is 0 Å². The van der Waals surface area contributed by atoms with Crippen molar-refractivity contribution in [3.05, 3.63) is 6.07 Å². The van der Waals surface area contributed by atoms with Gasteiger partial charge in [0, 0.05) is 18.7 Å². The molecule has 4 N–H and O–H groups in total. The molecule has 0 radical (unpaired) electrons. The van der Waals surface area contributed by atoms with Gasteiger partial charge in [-0.1, -0.05) is 6.92 Å². The fourth-order valence-electron chi connectivity index (χ4n) is 1.52. The van der Waals surface area contributed by atoms with Gasteiger partial charge in [-0.05, 0) is 19.3 Å². The largest absolute Gasteiger partial charge is 0.370 e. The maximum Gasteiger partial charge on any atom is 0.223 e. The van der Waals surface area contributed by atoms with E-state index >= 15 is 0 Å². The molecule has 82 valence electrons.